The first kappa shape index (κ1) is 22.9. The van der Waals surface area contributed by atoms with Crippen molar-refractivity contribution in [3.63, 3.8) is 0 Å². The smallest absolute Gasteiger partial charge is 0.0963 e. The fourth-order valence-corrected chi connectivity index (χ4v) is 7.63. The summed E-state index contributed by atoms with van der Waals surface area (Å²) in [5.74, 6) is 0. The molecule has 1 aliphatic rings. The molecule has 0 saturated heterocycles. The molecule has 0 unspecified atom stereocenters. The monoisotopic (exact) mass is 544 g/mol. The van der Waals surface area contributed by atoms with E-state index in [4.69, 9.17) is 4.98 Å². The quantitative estimate of drug-likeness (QED) is 0.198. The Balaban J connectivity index is 1.19. The fraction of sp³-hybridized carbons (Fsp3) is 0. The van der Waals surface area contributed by atoms with Crippen molar-refractivity contribution >= 4 is 54.3 Å². The maximum Gasteiger partial charge on any atom is 0.0963 e. The summed E-state index contributed by atoms with van der Waals surface area (Å²) in [6.07, 6.45) is 1.88. The zero-order valence-corrected chi connectivity index (χ0v) is 23.3. The Labute approximate surface area is 248 Å². The van der Waals surface area contributed by atoms with E-state index in [1.165, 1.54) is 76.6 Å². The average Bonchev–Trinajstić information content (AvgIpc) is 3.60. The number of fused-ring (bicyclic) bond motifs is 11. The van der Waals surface area contributed by atoms with Crippen molar-refractivity contribution in [3.8, 4) is 39.1 Å². The number of nitrogens with zero attached hydrogens (tertiary/aromatic N) is 2. The SMILES string of the molecule is c1cc2c3c(ccc(-c4ccc(-n5c6ccccc6c6ncccc65)cc4)c3c1)-c1c-2c2ccccc2c2ccccc12. The maximum atomic E-state index is 4.71. The summed E-state index contributed by atoms with van der Waals surface area (Å²) >= 11 is 0. The van der Waals surface area contributed by atoms with Crippen LogP contribution in [-0.4, -0.2) is 9.55 Å². The van der Waals surface area contributed by atoms with Crippen molar-refractivity contribution in [1.29, 1.82) is 0 Å². The molecule has 9 aromatic rings. The predicted octanol–water partition coefficient (Wildman–Crippen LogP) is 11.0. The van der Waals surface area contributed by atoms with Crippen LogP contribution in [0.2, 0.25) is 0 Å². The predicted molar refractivity (Wildman–Crippen MR) is 181 cm³/mol. The van der Waals surface area contributed by atoms with E-state index in [0.717, 1.165) is 16.7 Å². The molecule has 43 heavy (non-hydrogen) atoms. The van der Waals surface area contributed by atoms with Gasteiger partial charge in [0.15, 0.2) is 0 Å². The third-order valence-electron chi connectivity index (χ3n) is 9.38. The first-order valence-corrected chi connectivity index (χ1v) is 14.8. The van der Waals surface area contributed by atoms with Gasteiger partial charge >= 0.3 is 0 Å². The van der Waals surface area contributed by atoms with E-state index >= 15 is 0 Å². The average molecular weight is 545 g/mol. The van der Waals surface area contributed by atoms with Crippen LogP contribution in [0.1, 0.15) is 0 Å². The molecule has 0 fully saturated rings. The van der Waals surface area contributed by atoms with Crippen molar-refractivity contribution in [3.05, 3.63) is 146 Å². The topological polar surface area (TPSA) is 17.8 Å². The van der Waals surface area contributed by atoms with Gasteiger partial charge in [-0.3, -0.25) is 4.98 Å². The third-order valence-corrected chi connectivity index (χ3v) is 9.38. The van der Waals surface area contributed by atoms with Gasteiger partial charge in [0.05, 0.1) is 16.6 Å². The minimum atomic E-state index is 1.04. The van der Waals surface area contributed by atoms with Crippen molar-refractivity contribution in [2.75, 3.05) is 0 Å². The molecule has 0 saturated carbocycles. The van der Waals surface area contributed by atoms with E-state index in [1.54, 1.807) is 0 Å². The van der Waals surface area contributed by atoms with Crippen LogP contribution in [0.5, 0.6) is 0 Å². The van der Waals surface area contributed by atoms with E-state index in [2.05, 4.69) is 138 Å². The lowest BCUT2D eigenvalue weighted by molar-refractivity contribution is 1.18. The van der Waals surface area contributed by atoms with Crippen molar-refractivity contribution in [2.45, 2.75) is 0 Å². The molecular formula is C41H24N2. The number of hydrogen-bond donors (Lipinski definition) is 0. The Morgan fingerprint density at radius 2 is 0.977 bits per heavy atom. The van der Waals surface area contributed by atoms with Crippen LogP contribution in [0.15, 0.2) is 146 Å². The molecule has 2 aromatic heterocycles. The normalized spacial score (nSPS) is 12.2. The number of para-hydroxylation sites is 1. The number of rotatable bonds is 2. The first-order valence-electron chi connectivity index (χ1n) is 14.8. The highest BCUT2D eigenvalue weighted by atomic mass is 15.0. The molecule has 7 aromatic carbocycles. The fourth-order valence-electron chi connectivity index (χ4n) is 7.63. The van der Waals surface area contributed by atoms with Crippen LogP contribution in [0.3, 0.4) is 0 Å². The van der Waals surface area contributed by atoms with Gasteiger partial charge in [0.2, 0.25) is 0 Å². The molecule has 10 rings (SSSR count). The summed E-state index contributed by atoms with van der Waals surface area (Å²) in [5, 5.41) is 9.12. The van der Waals surface area contributed by atoms with Gasteiger partial charge in [-0.05, 0) is 96.0 Å². The van der Waals surface area contributed by atoms with Gasteiger partial charge in [-0.1, -0.05) is 109 Å². The molecule has 0 radical (unpaired) electrons. The van der Waals surface area contributed by atoms with Crippen molar-refractivity contribution < 1.29 is 0 Å². The number of pyridine rings is 1. The van der Waals surface area contributed by atoms with Crippen molar-refractivity contribution in [1.82, 2.24) is 9.55 Å². The van der Waals surface area contributed by atoms with Gasteiger partial charge in [-0.2, -0.15) is 0 Å². The summed E-state index contributed by atoms with van der Waals surface area (Å²) in [7, 11) is 0. The van der Waals surface area contributed by atoms with E-state index in [1.807, 2.05) is 12.3 Å². The highest BCUT2D eigenvalue weighted by Crippen LogP contribution is 2.54. The highest BCUT2D eigenvalue weighted by Gasteiger charge is 2.27. The lowest BCUT2D eigenvalue weighted by atomic mass is 9.90. The van der Waals surface area contributed by atoms with Gasteiger partial charge in [0.1, 0.15) is 0 Å². The minimum Gasteiger partial charge on any atom is -0.308 e. The Morgan fingerprint density at radius 3 is 1.72 bits per heavy atom. The summed E-state index contributed by atoms with van der Waals surface area (Å²) < 4.78 is 2.32. The lowest BCUT2D eigenvalue weighted by Crippen LogP contribution is -1.94. The molecule has 2 heteroatoms. The zero-order chi connectivity index (χ0) is 28.1. The molecule has 2 heterocycles. The van der Waals surface area contributed by atoms with Gasteiger partial charge < -0.3 is 4.57 Å². The summed E-state index contributed by atoms with van der Waals surface area (Å²) in [5.41, 5.74) is 12.3. The first-order chi connectivity index (χ1) is 21.4. The second-order valence-corrected chi connectivity index (χ2v) is 11.5. The maximum absolute atomic E-state index is 4.71. The van der Waals surface area contributed by atoms with E-state index < -0.39 is 0 Å². The standard InChI is InChI=1S/C41H24N2/c1-3-11-31-28(9-1)29-10-2-4-12-32(29)40-35-23-22-27(30-14-7-15-34(38(30)35)39(31)40)25-18-20-26(21-19-25)43-36-16-6-5-13-33(36)41-37(43)17-8-24-42-41/h1-24H. The Hall–Kier alpha value is -5.73. The van der Waals surface area contributed by atoms with Crippen LogP contribution in [0.25, 0.3) is 93.3 Å². The largest absolute Gasteiger partial charge is 0.308 e. The molecule has 2 nitrogen and oxygen atoms in total. The molecule has 0 amide bonds. The van der Waals surface area contributed by atoms with E-state index in [9.17, 15) is 0 Å². The lowest BCUT2D eigenvalue weighted by Gasteiger charge is -2.13. The molecule has 198 valence electrons. The molecule has 0 N–H and O–H groups in total. The van der Waals surface area contributed by atoms with Gasteiger partial charge in [-0.15, -0.1) is 0 Å². The highest BCUT2D eigenvalue weighted by molar-refractivity contribution is 6.31. The summed E-state index contributed by atoms with van der Waals surface area (Å²) in [6.45, 7) is 0. The molecule has 0 atom stereocenters. The second kappa shape index (κ2) is 8.40. The van der Waals surface area contributed by atoms with Gasteiger partial charge in [-0.25, -0.2) is 0 Å². The third kappa shape index (κ3) is 2.99. The van der Waals surface area contributed by atoms with Gasteiger partial charge in [0.25, 0.3) is 0 Å². The number of benzene rings is 7. The molecule has 0 spiro atoms. The minimum absolute atomic E-state index is 1.04. The molecule has 1 aliphatic carbocycles. The van der Waals surface area contributed by atoms with E-state index in [-0.39, 0.29) is 0 Å². The number of hydrogen-bond acceptors (Lipinski definition) is 1. The number of aromatic nitrogens is 2. The Kier molecular flexibility index (Phi) is 4.48. The molecule has 0 aliphatic heterocycles. The van der Waals surface area contributed by atoms with Crippen LogP contribution in [0, 0.1) is 0 Å². The zero-order valence-electron chi connectivity index (χ0n) is 23.3. The second-order valence-electron chi connectivity index (χ2n) is 11.5. The van der Waals surface area contributed by atoms with Crippen LogP contribution < -0.4 is 0 Å². The summed E-state index contributed by atoms with van der Waals surface area (Å²) in [4.78, 5) is 4.71. The van der Waals surface area contributed by atoms with Crippen LogP contribution in [0.4, 0.5) is 0 Å². The van der Waals surface area contributed by atoms with Gasteiger partial charge in [0, 0.05) is 17.3 Å². The molecule has 0 bridgehead atoms. The van der Waals surface area contributed by atoms with E-state index in [0.29, 0.717) is 0 Å². The van der Waals surface area contributed by atoms with Crippen LogP contribution in [-0.2, 0) is 0 Å². The Bertz CT molecular complexity index is 2480. The summed E-state index contributed by atoms with van der Waals surface area (Å²) in [6, 6.07) is 51.0. The van der Waals surface area contributed by atoms with Crippen molar-refractivity contribution in [2.24, 2.45) is 0 Å². The van der Waals surface area contributed by atoms with Crippen LogP contribution >= 0.6 is 0 Å². The molecular weight excluding hydrogens is 520 g/mol. The Morgan fingerprint density at radius 1 is 0.395 bits per heavy atom.